The number of rotatable bonds is 5. The van der Waals surface area contributed by atoms with Crippen molar-refractivity contribution in [2.75, 3.05) is 0 Å². The Labute approximate surface area is 153 Å². The lowest BCUT2D eigenvalue weighted by molar-refractivity contribution is 0.586. The maximum absolute atomic E-state index is 13.0. The largest absolute Gasteiger partial charge is 0.267 e. The summed E-state index contributed by atoms with van der Waals surface area (Å²) in [6, 6.07) is 16.0. The van der Waals surface area contributed by atoms with Crippen LogP contribution >= 0.6 is 11.6 Å². The Hall–Kier alpha value is -2.04. The Morgan fingerprint density at radius 1 is 1.04 bits per heavy atom. The van der Waals surface area contributed by atoms with E-state index >= 15 is 0 Å². The number of hydrogen-bond donors (Lipinski definition) is 0. The first kappa shape index (κ1) is 17.8. The van der Waals surface area contributed by atoms with E-state index < -0.39 is 10.0 Å². The molecule has 0 amide bonds. The average Bonchev–Trinajstić information content (AvgIpc) is 3.07. The van der Waals surface area contributed by atoms with Crippen molar-refractivity contribution in [3.63, 3.8) is 0 Å². The molecule has 0 bridgehead atoms. The van der Waals surface area contributed by atoms with Crippen LogP contribution < -0.4 is 0 Å². The fraction of sp³-hybridized carbons (Fsp3) is 0.150. The standard InChI is InChI=1S/C20H19ClNO2S/c1-3-15-10-11-16(21)14-19(15)18-12-13-22(20(18)4-2)25(23,24)17-8-6-5-7-9-17/h5-14H,2-4H2,1H3. The van der Waals surface area contributed by atoms with Crippen molar-refractivity contribution in [3.05, 3.63) is 84.0 Å². The zero-order valence-corrected chi connectivity index (χ0v) is 15.5. The second-order valence-electron chi connectivity index (χ2n) is 5.70. The summed E-state index contributed by atoms with van der Waals surface area (Å²) in [7, 11) is -3.65. The summed E-state index contributed by atoms with van der Waals surface area (Å²) in [5, 5.41) is 0.626. The van der Waals surface area contributed by atoms with Gasteiger partial charge in [0.2, 0.25) is 0 Å². The highest BCUT2D eigenvalue weighted by molar-refractivity contribution is 7.90. The van der Waals surface area contributed by atoms with Gasteiger partial charge in [-0.2, -0.15) is 0 Å². The molecular formula is C20H19ClNO2S. The molecule has 0 aliphatic heterocycles. The molecule has 2 aromatic carbocycles. The zero-order chi connectivity index (χ0) is 18.0. The Morgan fingerprint density at radius 3 is 2.40 bits per heavy atom. The summed E-state index contributed by atoms with van der Waals surface area (Å²) in [5.74, 6) is 0. The molecule has 129 valence electrons. The SMILES string of the molecule is [CH2]Cc1c(-c2cc(Cl)ccc2CC)ccn1S(=O)(=O)c1ccccc1. The minimum absolute atomic E-state index is 0.258. The van der Waals surface area contributed by atoms with E-state index in [4.69, 9.17) is 11.6 Å². The van der Waals surface area contributed by atoms with E-state index in [0.717, 1.165) is 23.1 Å². The molecule has 0 N–H and O–H groups in total. The van der Waals surface area contributed by atoms with Crippen LogP contribution in [-0.2, 0) is 22.9 Å². The van der Waals surface area contributed by atoms with E-state index in [1.165, 1.54) is 3.97 Å². The van der Waals surface area contributed by atoms with E-state index in [1.54, 1.807) is 36.5 Å². The summed E-state index contributed by atoms with van der Waals surface area (Å²) >= 11 is 6.17. The molecule has 0 aliphatic carbocycles. The van der Waals surface area contributed by atoms with Gasteiger partial charge in [-0.15, -0.1) is 0 Å². The summed E-state index contributed by atoms with van der Waals surface area (Å²) < 4.78 is 27.3. The Kier molecular flexibility index (Phi) is 5.02. The molecule has 0 unspecified atom stereocenters. The van der Waals surface area contributed by atoms with Gasteiger partial charge in [0.05, 0.1) is 4.90 Å². The van der Waals surface area contributed by atoms with Crippen LogP contribution in [-0.4, -0.2) is 12.4 Å². The second-order valence-corrected chi connectivity index (χ2v) is 7.95. The van der Waals surface area contributed by atoms with Gasteiger partial charge in [0.15, 0.2) is 0 Å². The van der Waals surface area contributed by atoms with Crippen molar-refractivity contribution in [1.29, 1.82) is 0 Å². The molecule has 3 aromatic rings. The first-order valence-electron chi connectivity index (χ1n) is 8.08. The van der Waals surface area contributed by atoms with E-state index in [2.05, 4.69) is 13.8 Å². The Bertz CT molecular complexity index is 992. The highest BCUT2D eigenvalue weighted by atomic mass is 35.5. The molecule has 3 nitrogen and oxygen atoms in total. The van der Waals surface area contributed by atoms with Crippen LogP contribution in [0.3, 0.4) is 0 Å². The molecule has 0 fully saturated rings. The van der Waals surface area contributed by atoms with Crippen LogP contribution in [0.2, 0.25) is 5.02 Å². The van der Waals surface area contributed by atoms with Crippen molar-refractivity contribution in [2.24, 2.45) is 0 Å². The maximum Gasteiger partial charge on any atom is 0.267 e. The third-order valence-electron chi connectivity index (χ3n) is 4.23. The highest BCUT2D eigenvalue weighted by Gasteiger charge is 2.22. The summed E-state index contributed by atoms with van der Waals surface area (Å²) in [4.78, 5) is 0.258. The van der Waals surface area contributed by atoms with Gasteiger partial charge < -0.3 is 0 Å². The highest BCUT2D eigenvalue weighted by Crippen LogP contribution is 2.33. The zero-order valence-electron chi connectivity index (χ0n) is 13.9. The molecule has 0 atom stereocenters. The lowest BCUT2D eigenvalue weighted by Crippen LogP contribution is -2.14. The Balaban J connectivity index is 2.20. The van der Waals surface area contributed by atoms with Crippen LogP contribution in [0.25, 0.3) is 11.1 Å². The van der Waals surface area contributed by atoms with Crippen LogP contribution in [0.5, 0.6) is 0 Å². The van der Waals surface area contributed by atoms with Gasteiger partial charge in [0.25, 0.3) is 10.0 Å². The number of nitrogens with zero attached hydrogens (tertiary/aromatic N) is 1. The monoisotopic (exact) mass is 372 g/mol. The second kappa shape index (κ2) is 7.06. The van der Waals surface area contributed by atoms with Crippen molar-refractivity contribution in [1.82, 2.24) is 3.97 Å². The molecule has 0 spiro atoms. The number of aryl methyl sites for hydroxylation is 1. The first-order valence-corrected chi connectivity index (χ1v) is 9.89. The maximum atomic E-state index is 13.0. The van der Waals surface area contributed by atoms with Crippen molar-refractivity contribution >= 4 is 21.6 Å². The minimum atomic E-state index is -3.65. The predicted octanol–water partition coefficient (Wildman–Crippen LogP) is 4.98. The molecule has 25 heavy (non-hydrogen) atoms. The van der Waals surface area contributed by atoms with Gasteiger partial charge in [-0.3, -0.25) is 0 Å². The van der Waals surface area contributed by atoms with Crippen LogP contribution in [0, 0.1) is 6.92 Å². The molecule has 1 aromatic heterocycles. The van der Waals surface area contributed by atoms with Gasteiger partial charge in [-0.05, 0) is 61.2 Å². The van der Waals surface area contributed by atoms with Crippen molar-refractivity contribution < 1.29 is 8.42 Å². The van der Waals surface area contributed by atoms with Gasteiger partial charge >= 0.3 is 0 Å². The van der Waals surface area contributed by atoms with Crippen molar-refractivity contribution in [3.8, 4) is 11.1 Å². The van der Waals surface area contributed by atoms with Gasteiger partial charge in [0, 0.05) is 22.5 Å². The molecule has 3 rings (SSSR count). The summed E-state index contributed by atoms with van der Waals surface area (Å²) in [5.41, 5.74) is 3.58. The molecule has 1 radical (unpaired) electrons. The molecule has 0 saturated carbocycles. The normalized spacial score (nSPS) is 11.6. The fourth-order valence-corrected chi connectivity index (χ4v) is 4.58. The minimum Gasteiger partial charge on any atom is -0.245 e. The molecule has 1 heterocycles. The lowest BCUT2D eigenvalue weighted by atomic mass is 9.97. The number of aromatic nitrogens is 1. The van der Waals surface area contributed by atoms with Crippen LogP contribution in [0.4, 0.5) is 0 Å². The first-order chi connectivity index (χ1) is 12.0. The van der Waals surface area contributed by atoms with Gasteiger partial charge in [0.1, 0.15) is 0 Å². The van der Waals surface area contributed by atoms with E-state index in [0.29, 0.717) is 17.1 Å². The summed E-state index contributed by atoms with van der Waals surface area (Å²) in [6.45, 7) is 6.01. The van der Waals surface area contributed by atoms with E-state index in [1.807, 2.05) is 24.3 Å². The molecule has 0 saturated heterocycles. The van der Waals surface area contributed by atoms with Gasteiger partial charge in [-0.1, -0.05) is 42.8 Å². The fourth-order valence-electron chi connectivity index (χ4n) is 2.98. The molecule has 5 heteroatoms. The average molecular weight is 373 g/mol. The number of benzene rings is 2. The lowest BCUT2D eigenvalue weighted by Gasteiger charge is -2.13. The third-order valence-corrected chi connectivity index (χ3v) is 6.20. The molecular weight excluding hydrogens is 354 g/mol. The smallest absolute Gasteiger partial charge is 0.245 e. The number of halogens is 1. The van der Waals surface area contributed by atoms with Crippen LogP contribution in [0.15, 0.2) is 65.7 Å². The molecule has 0 aliphatic rings. The summed E-state index contributed by atoms with van der Waals surface area (Å²) in [6.07, 6.45) is 2.78. The Morgan fingerprint density at radius 2 is 1.76 bits per heavy atom. The van der Waals surface area contributed by atoms with Crippen LogP contribution in [0.1, 0.15) is 18.2 Å². The van der Waals surface area contributed by atoms with Crippen molar-refractivity contribution in [2.45, 2.75) is 24.7 Å². The predicted molar refractivity (Wildman–Crippen MR) is 102 cm³/mol. The van der Waals surface area contributed by atoms with E-state index in [-0.39, 0.29) is 4.90 Å². The van der Waals surface area contributed by atoms with E-state index in [9.17, 15) is 8.42 Å². The quantitative estimate of drug-likeness (QED) is 0.633. The topological polar surface area (TPSA) is 39.1 Å². The number of hydrogen-bond acceptors (Lipinski definition) is 2. The third kappa shape index (κ3) is 3.24. The van der Waals surface area contributed by atoms with Gasteiger partial charge in [-0.25, -0.2) is 12.4 Å².